The maximum Gasteiger partial charge on any atom is 0.432 e. The first-order chi connectivity index (χ1) is 15.5. The number of unbranched alkanes of at least 4 members (excludes halogenated alkanes) is 2. The molecule has 3 rings (SSSR count). The molecule has 1 aliphatic rings. The van der Waals surface area contributed by atoms with Crippen molar-refractivity contribution in [2.75, 3.05) is 6.61 Å². The number of hydrogen-bond donors (Lipinski definition) is 0. The van der Waals surface area contributed by atoms with Gasteiger partial charge in [-0.1, -0.05) is 26.2 Å². The van der Waals surface area contributed by atoms with Gasteiger partial charge >= 0.3 is 6.11 Å². The first-order valence-corrected chi connectivity index (χ1v) is 10.9. The van der Waals surface area contributed by atoms with Crippen LogP contribution >= 0.6 is 0 Å². The highest BCUT2D eigenvalue weighted by Crippen LogP contribution is 2.40. The van der Waals surface area contributed by atoms with Gasteiger partial charge in [0.1, 0.15) is 22.9 Å². The fourth-order valence-electron chi connectivity index (χ4n) is 4.00. The molecule has 0 bridgehead atoms. The Morgan fingerprint density at radius 1 is 0.939 bits per heavy atom. The van der Waals surface area contributed by atoms with Gasteiger partial charge in [0.25, 0.3) is 0 Å². The van der Waals surface area contributed by atoms with Crippen molar-refractivity contribution in [2.45, 2.75) is 64.6 Å². The third-order valence-electron chi connectivity index (χ3n) is 5.91. The average molecular weight is 478 g/mol. The van der Waals surface area contributed by atoms with Crippen LogP contribution < -0.4 is 4.74 Å². The quantitative estimate of drug-likeness (QED) is 0.218. The smallest absolute Gasteiger partial charge is 0.428 e. The molecule has 2 unspecified atom stereocenters. The Labute approximate surface area is 187 Å². The lowest BCUT2D eigenvalue weighted by molar-refractivity contribution is -0.190. The van der Waals surface area contributed by atoms with E-state index in [0.717, 1.165) is 51.2 Å². The first kappa shape index (κ1) is 25.3. The molecule has 0 amide bonds. The number of hydrogen-bond acceptors (Lipinski definition) is 2. The summed E-state index contributed by atoms with van der Waals surface area (Å²) in [6.45, 7) is 3.39. The van der Waals surface area contributed by atoms with Gasteiger partial charge in [0.2, 0.25) is 0 Å². The highest BCUT2D eigenvalue weighted by molar-refractivity contribution is 5.37. The fraction of sp³-hybridized carbons (Fsp3) is 0.500. The molecule has 2 nitrogen and oxygen atoms in total. The fourth-order valence-corrected chi connectivity index (χ4v) is 4.00. The van der Waals surface area contributed by atoms with E-state index >= 15 is 0 Å². The second-order valence-electron chi connectivity index (χ2n) is 8.35. The van der Waals surface area contributed by atoms with Crippen molar-refractivity contribution in [3.63, 3.8) is 0 Å². The summed E-state index contributed by atoms with van der Waals surface area (Å²) in [5.41, 5.74) is -2.41. The largest absolute Gasteiger partial charge is 0.432 e. The summed E-state index contributed by atoms with van der Waals surface area (Å²) in [4.78, 5) is 0. The Kier molecular flexibility index (Phi) is 7.92. The van der Waals surface area contributed by atoms with Crippen molar-refractivity contribution in [1.82, 2.24) is 0 Å². The maximum atomic E-state index is 14.6. The predicted octanol–water partition coefficient (Wildman–Crippen LogP) is 7.87. The van der Waals surface area contributed by atoms with Crippen molar-refractivity contribution in [3.8, 4) is 5.75 Å². The van der Waals surface area contributed by atoms with E-state index in [-0.39, 0.29) is 11.6 Å². The van der Waals surface area contributed by atoms with Crippen LogP contribution in [0.4, 0.5) is 30.7 Å². The monoisotopic (exact) mass is 478 g/mol. The molecule has 2 aromatic rings. The van der Waals surface area contributed by atoms with Crippen LogP contribution in [-0.2, 0) is 10.8 Å². The van der Waals surface area contributed by atoms with Crippen LogP contribution in [0.25, 0.3) is 0 Å². The Morgan fingerprint density at radius 3 is 2.18 bits per heavy atom. The molecule has 1 fully saturated rings. The normalized spacial score (nSPS) is 19.1. The molecular formula is C24H25F7O2. The molecule has 2 atom stereocenters. The van der Waals surface area contributed by atoms with Crippen molar-refractivity contribution >= 4 is 0 Å². The maximum absolute atomic E-state index is 14.6. The minimum atomic E-state index is -4.62. The van der Waals surface area contributed by atoms with Crippen LogP contribution in [0, 0.1) is 41.9 Å². The SMILES string of the molecule is CCCCCC1CCC(c2cc(F)c(C(F)(F)Oc3cc(F)c(F)c(F)c3C)c(F)c2)OC1. The van der Waals surface area contributed by atoms with Crippen LogP contribution in [0.3, 0.4) is 0 Å². The van der Waals surface area contributed by atoms with Crippen LogP contribution in [0.2, 0.25) is 0 Å². The second kappa shape index (κ2) is 10.3. The Hall–Kier alpha value is -2.29. The van der Waals surface area contributed by atoms with Gasteiger partial charge in [0.05, 0.1) is 12.7 Å². The van der Waals surface area contributed by atoms with Crippen LogP contribution in [0.1, 0.15) is 68.2 Å². The van der Waals surface area contributed by atoms with Crippen molar-refractivity contribution < 1.29 is 40.2 Å². The molecule has 0 N–H and O–H groups in total. The van der Waals surface area contributed by atoms with Gasteiger partial charge in [-0.3, -0.25) is 0 Å². The molecule has 0 spiro atoms. The van der Waals surface area contributed by atoms with Gasteiger partial charge in [0, 0.05) is 11.6 Å². The zero-order valence-corrected chi connectivity index (χ0v) is 18.3. The Balaban J connectivity index is 1.78. The van der Waals surface area contributed by atoms with E-state index in [1.165, 1.54) is 0 Å². The van der Waals surface area contributed by atoms with Crippen molar-refractivity contribution in [3.05, 3.63) is 64.0 Å². The number of alkyl halides is 2. The van der Waals surface area contributed by atoms with Crippen LogP contribution in [-0.4, -0.2) is 6.61 Å². The lowest BCUT2D eigenvalue weighted by Gasteiger charge is -2.30. The van der Waals surface area contributed by atoms with Gasteiger partial charge in [-0.15, -0.1) is 0 Å². The van der Waals surface area contributed by atoms with E-state index in [2.05, 4.69) is 11.7 Å². The van der Waals surface area contributed by atoms with Crippen molar-refractivity contribution in [2.24, 2.45) is 5.92 Å². The standard InChI is InChI=1S/C24H25F7O2/c1-3-4-5-6-14-7-8-19(32-12-14)15-9-16(25)21(17(26)10-15)24(30,31)33-20-11-18(27)23(29)22(28)13(20)2/h9-11,14,19H,3-8,12H2,1-2H3. The molecule has 0 aromatic heterocycles. The second-order valence-corrected chi connectivity index (χ2v) is 8.35. The number of rotatable bonds is 8. The molecule has 0 radical (unpaired) electrons. The molecule has 33 heavy (non-hydrogen) atoms. The summed E-state index contributed by atoms with van der Waals surface area (Å²) in [5.74, 6) is -9.30. The van der Waals surface area contributed by atoms with E-state index in [4.69, 9.17) is 4.74 Å². The van der Waals surface area contributed by atoms with E-state index in [9.17, 15) is 30.7 Å². The van der Waals surface area contributed by atoms with E-state index in [0.29, 0.717) is 18.9 Å². The van der Waals surface area contributed by atoms with Crippen LogP contribution in [0.15, 0.2) is 18.2 Å². The summed E-state index contributed by atoms with van der Waals surface area (Å²) in [6.07, 6.45) is 0.313. The lowest BCUT2D eigenvalue weighted by Crippen LogP contribution is -2.27. The zero-order valence-electron chi connectivity index (χ0n) is 18.3. The van der Waals surface area contributed by atoms with Crippen LogP contribution in [0.5, 0.6) is 5.75 Å². The summed E-state index contributed by atoms with van der Waals surface area (Å²) in [7, 11) is 0. The third kappa shape index (κ3) is 5.62. The molecule has 2 aromatic carbocycles. The molecule has 9 heteroatoms. The van der Waals surface area contributed by atoms with E-state index in [1.807, 2.05) is 0 Å². The van der Waals surface area contributed by atoms with Gasteiger partial charge in [-0.25, -0.2) is 22.0 Å². The molecule has 182 valence electrons. The number of benzene rings is 2. The summed E-state index contributed by atoms with van der Waals surface area (Å²) < 4.78 is 109. The third-order valence-corrected chi connectivity index (χ3v) is 5.91. The van der Waals surface area contributed by atoms with Gasteiger partial charge in [-0.05, 0) is 49.8 Å². The van der Waals surface area contributed by atoms with Gasteiger partial charge in [0.15, 0.2) is 17.5 Å². The van der Waals surface area contributed by atoms with Crippen molar-refractivity contribution in [1.29, 1.82) is 0 Å². The molecule has 0 saturated carbocycles. The minimum Gasteiger partial charge on any atom is -0.428 e. The summed E-state index contributed by atoms with van der Waals surface area (Å²) in [5, 5.41) is 0. The highest BCUT2D eigenvalue weighted by atomic mass is 19.3. The van der Waals surface area contributed by atoms with Gasteiger partial charge < -0.3 is 9.47 Å². The molecule has 1 aliphatic heterocycles. The zero-order chi connectivity index (χ0) is 24.3. The lowest BCUT2D eigenvalue weighted by atomic mass is 9.90. The topological polar surface area (TPSA) is 18.5 Å². The molecule has 1 saturated heterocycles. The molecule has 0 aliphatic carbocycles. The summed E-state index contributed by atoms with van der Waals surface area (Å²) >= 11 is 0. The highest BCUT2D eigenvalue weighted by Gasteiger charge is 2.42. The van der Waals surface area contributed by atoms with E-state index < -0.39 is 58.2 Å². The Bertz CT molecular complexity index is 962. The molecular weight excluding hydrogens is 453 g/mol. The average Bonchev–Trinajstić information content (AvgIpc) is 2.75. The number of ether oxygens (including phenoxy) is 2. The minimum absolute atomic E-state index is 0.0756. The van der Waals surface area contributed by atoms with Gasteiger partial charge in [-0.2, -0.15) is 8.78 Å². The predicted molar refractivity (Wildman–Crippen MR) is 107 cm³/mol. The Morgan fingerprint density at radius 2 is 1.61 bits per heavy atom. The molecule has 1 heterocycles. The summed E-state index contributed by atoms with van der Waals surface area (Å²) in [6, 6.07) is 1.69. The first-order valence-electron chi connectivity index (χ1n) is 10.9. The number of halogens is 7. The van der Waals surface area contributed by atoms with E-state index in [1.54, 1.807) is 0 Å².